The van der Waals surface area contributed by atoms with Crippen molar-refractivity contribution in [2.24, 2.45) is 0 Å². The zero-order valence-electron chi connectivity index (χ0n) is 25.5. The third kappa shape index (κ3) is 4.37. The number of para-hydroxylation sites is 2. The molecule has 0 bridgehead atoms. The van der Waals surface area contributed by atoms with Gasteiger partial charge in [0.2, 0.25) is 0 Å². The molecule has 0 N–H and O–H groups in total. The summed E-state index contributed by atoms with van der Waals surface area (Å²) in [6.07, 6.45) is 0. The monoisotopic (exact) mass is 571 g/mol. The molecule has 44 heavy (non-hydrogen) atoms. The summed E-state index contributed by atoms with van der Waals surface area (Å²) in [5.74, 6) is 0. The van der Waals surface area contributed by atoms with E-state index in [9.17, 15) is 0 Å². The molecule has 2 heterocycles. The lowest BCUT2D eigenvalue weighted by atomic mass is 9.77. The summed E-state index contributed by atoms with van der Waals surface area (Å²) in [4.78, 5) is 0. The van der Waals surface area contributed by atoms with Crippen LogP contribution in [0.25, 0.3) is 60.5 Å². The van der Waals surface area contributed by atoms with Gasteiger partial charge < -0.3 is 13.9 Å². The summed E-state index contributed by atoms with van der Waals surface area (Å²) < 4.78 is 15.5. The van der Waals surface area contributed by atoms with Crippen LogP contribution in [0.1, 0.15) is 27.7 Å². The molecular weight excluding hydrogens is 537 g/mol. The molecule has 3 nitrogen and oxygen atoms in total. The first-order chi connectivity index (χ1) is 21.3. The van der Waals surface area contributed by atoms with Gasteiger partial charge in [-0.3, -0.25) is 0 Å². The maximum absolute atomic E-state index is 6.57. The van der Waals surface area contributed by atoms with Crippen LogP contribution in [0.3, 0.4) is 0 Å². The third-order valence-electron chi connectivity index (χ3n) is 9.60. The number of nitrogens with zero attached hydrogens (tertiary/aromatic N) is 1. The highest BCUT2D eigenvalue weighted by molar-refractivity contribution is 6.62. The summed E-state index contributed by atoms with van der Waals surface area (Å²) in [6.45, 7) is 8.43. The minimum absolute atomic E-state index is 0.428. The normalized spacial score (nSPS) is 15.9. The molecule has 1 saturated heterocycles. The molecule has 0 saturated carbocycles. The van der Waals surface area contributed by atoms with Gasteiger partial charge in [0.1, 0.15) is 0 Å². The highest BCUT2D eigenvalue weighted by Gasteiger charge is 2.51. The largest absolute Gasteiger partial charge is 0.494 e. The highest BCUT2D eigenvalue weighted by atomic mass is 16.7. The zero-order chi connectivity index (χ0) is 30.1. The first-order valence-electron chi connectivity index (χ1n) is 15.4. The summed E-state index contributed by atoms with van der Waals surface area (Å²) in [6, 6.07) is 48.1. The van der Waals surface area contributed by atoms with Crippen LogP contribution in [0.5, 0.6) is 0 Å². The van der Waals surface area contributed by atoms with Crippen molar-refractivity contribution in [2.75, 3.05) is 0 Å². The molecule has 7 aromatic rings. The van der Waals surface area contributed by atoms with Crippen molar-refractivity contribution in [1.29, 1.82) is 0 Å². The summed E-state index contributed by atoms with van der Waals surface area (Å²) in [5, 5.41) is 4.99. The Balaban J connectivity index is 1.28. The molecule has 6 aromatic carbocycles. The second-order valence-corrected chi connectivity index (χ2v) is 12.9. The average Bonchev–Trinajstić information content (AvgIpc) is 3.49. The Hall–Kier alpha value is -4.64. The number of hydrogen-bond donors (Lipinski definition) is 0. The van der Waals surface area contributed by atoms with Gasteiger partial charge in [0, 0.05) is 16.5 Å². The Morgan fingerprint density at radius 3 is 1.64 bits per heavy atom. The van der Waals surface area contributed by atoms with Crippen molar-refractivity contribution in [1.82, 2.24) is 4.57 Å². The van der Waals surface area contributed by atoms with Gasteiger partial charge >= 0.3 is 7.12 Å². The van der Waals surface area contributed by atoms with Gasteiger partial charge in [-0.15, -0.1) is 0 Å². The fourth-order valence-corrected chi connectivity index (χ4v) is 6.47. The molecule has 0 radical (unpaired) electrons. The molecule has 0 spiro atoms. The number of aromatic nitrogens is 1. The SMILES string of the molecule is CC1(C)OB(c2cc(-c3ccc(-c4ccc5ccccc5c4)cc3)cc(-n3c4ccccc4c4ccccc43)c2)OC1(C)C. The molecule has 1 fully saturated rings. The number of fused-ring (bicyclic) bond motifs is 4. The quantitative estimate of drug-likeness (QED) is 0.197. The van der Waals surface area contributed by atoms with Gasteiger partial charge in [-0.1, -0.05) is 103 Å². The molecule has 4 heteroatoms. The fourth-order valence-electron chi connectivity index (χ4n) is 6.47. The predicted octanol–water partition coefficient (Wildman–Crippen LogP) is 9.57. The van der Waals surface area contributed by atoms with E-state index in [-0.39, 0.29) is 0 Å². The van der Waals surface area contributed by atoms with E-state index in [1.165, 1.54) is 43.7 Å². The molecule has 1 aliphatic rings. The van der Waals surface area contributed by atoms with Crippen molar-refractivity contribution in [3.63, 3.8) is 0 Å². The first kappa shape index (κ1) is 27.0. The molecule has 0 unspecified atom stereocenters. The number of rotatable bonds is 4. The van der Waals surface area contributed by atoms with Crippen LogP contribution in [0.4, 0.5) is 0 Å². The van der Waals surface area contributed by atoms with Gasteiger partial charge in [-0.05, 0) is 96.5 Å². The van der Waals surface area contributed by atoms with Crippen molar-refractivity contribution in [3.05, 3.63) is 133 Å². The van der Waals surface area contributed by atoms with Crippen LogP contribution in [0.2, 0.25) is 0 Å². The van der Waals surface area contributed by atoms with Gasteiger partial charge in [-0.25, -0.2) is 0 Å². The summed E-state index contributed by atoms with van der Waals surface area (Å²) in [7, 11) is -0.469. The van der Waals surface area contributed by atoms with E-state index >= 15 is 0 Å². The van der Waals surface area contributed by atoms with Crippen molar-refractivity contribution in [2.45, 2.75) is 38.9 Å². The fraction of sp³-hybridized carbons (Fsp3) is 0.150. The Morgan fingerprint density at radius 2 is 1.00 bits per heavy atom. The maximum atomic E-state index is 6.57. The van der Waals surface area contributed by atoms with E-state index < -0.39 is 18.3 Å². The molecule has 8 rings (SSSR count). The lowest BCUT2D eigenvalue weighted by Gasteiger charge is -2.32. The number of benzene rings is 6. The molecule has 1 aromatic heterocycles. The minimum atomic E-state index is -0.469. The summed E-state index contributed by atoms with van der Waals surface area (Å²) >= 11 is 0. The van der Waals surface area contributed by atoms with Gasteiger partial charge in [-0.2, -0.15) is 0 Å². The highest BCUT2D eigenvalue weighted by Crippen LogP contribution is 2.38. The standard InChI is InChI=1S/C40H34BNO2/c1-39(2)40(3,4)44-41(43-39)33-24-32(29-19-17-28(18-20-29)31-22-21-27-11-5-6-12-30(27)23-31)25-34(26-33)42-37-15-9-7-13-35(37)36-14-8-10-16-38(36)42/h5-26H,1-4H3. The van der Waals surface area contributed by atoms with Crippen molar-refractivity contribution in [3.8, 4) is 27.9 Å². The zero-order valence-corrected chi connectivity index (χ0v) is 25.5. The van der Waals surface area contributed by atoms with Crippen LogP contribution in [-0.2, 0) is 9.31 Å². The van der Waals surface area contributed by atoms with Gasteiger partial charge in [0.05, 0.1) is 22.2 Å². The van der Waals surface area contributed by atoms with Gasteiger partial charge in [0.15, 0.2) is 0 Å². The van der Waals surface area contributed by atoms with Crippen LogP contribution < -0.4 is 5.46 Å². The third-order valence-corrected chi connectivity index (χ3v) is 9.60. The maximum Gasteiger partial charge on any atom is 0.494 e. The Bertz CT molecular complexity index is 2120. The Morgan fingerprint density at radius 1 is 0.477 bits per heavy atom. The second-order valence-electron chi connectivity index (χ2n) is 12.9. The van der Waals surface area contributed by atoms with E-state index in [1.54, 1.807) is 0 Å². The van der Waals surface area contributed by atoms with Crippen LogP contribution in [0, 0.1) is 0 Å². The second kappa shape index (κ2) is 9.95. The van der Waals surface area contributed by atoms with E-state index in [0.29, 0.717) is 0 Å². The van der Waals surface area contributed by atoms with E-state index in [1.807, 2.05) is 0 Å². The van der Waals surface area contributed by atoms with E-state index in [2.05, 4.69) is 166 Å². The van der Waals surface area contributed by atoms with E-state index in [0.717, 1.165) is 22.3 Å². The summed E-state index contributed by atoms with van der Waals surface area (Å²) in [5.41, 5.74) is 8.28. The van der Waals surface area contributed by atoms with Crippen LogP contribution >= 0.6 is 0 Å². The molecule has 0 atom stereocenters. The molecule has 214 valence electrons. The number of hydrogen-bond acceptors (Lipinski definition) is 2. The van der Waals surface area contributed by atoms with Gasteiger partial charge in [0.25, 0.3) is 0 Å². The van der Waals surface area contributed by atoms with Crippen LogP contribution in [0.15, 0.2) is 133 Å². The molecule has 1 aliphatic heterocycles. The van der Waals surface area contributed by atoms with Crippen molar-refractivity contribution >= 4 is 45.2 Å². The van der Waals surface area contributed by atoms with E-state index in [4.69, 9.17) is 9.31 Å². The topological polar surface area (TPSA) is 23.4 Å². The minimum Gasteiger partial charge on any atom is -0.399 e. The molecule has 0 amide bonds. The lowest BCUT2D eigenvalue weighted by Crippen LogP contribution is -2.41. The molecule has 0 aliphatic carbocycles. The molecular formula is C40H34BNO2. The Kier molecular flexibility index (Phi) is 6.10. The van der Waals surface area contributed by atoms with Crippen LogP contribution in [-0.4, -0.2) is 22.9 Å². The van der Waals surface area contributed by atoms with Crippen molar-refractivity contribution < 1.29 is 9.31 Å². The first-order valence-corrected chi connectivity index (χ1v) is 15.4. The smallest absolute Gasteiger partial charge is 0.399 e. The Labute approximate surface area is 258 Å². The average molecular weight is 572 g/mol. The predicted molar refractivity (Wildman–Crippen MR) is 185 cm³/mol. The lowest BCUT2D eigenvalue weighted by molar-refractivity contribution is 0.00578.